The van der Waals surface area contributed by atoms with Crippen molar-refractivity contribution in [2.75, 3.05) is 44.3 Å². The van der Waals surface area contributed by atoms with Crippen LogP contribution in [0.1, 0.15) is 5.56 Å². The van der Waals surface area contributed by atoms with Gasteiger partial charge >= 0.3 is 0 Å². The van der Waals surface area contributed by atoms with Gasteiger partial charge in [-0.1, -0.05) is 41.4 Å². The molecule has 1 aromatic heterocycles. The van der Waals surface area contributed by atoms with Crippen molar-refractivity contribution in [1.29, 1.82) is 0 Å². The van der Waals surface area contributed by atoms with Gasteiger partial charge in [0.25, 0.3) is 0 Å². The normalized spacial score (nSPS) is 15.7. The third kappa shape index (κ3) is 4.44. The second-order valence-corrected chi connectivity index (χ2v) is 8.52. The molecule has 0 radical (unpaired) electrons. The van der Waals surface area contributed by atoms with Gasteiger partial charge in [0.2, 0.25) is 5.91 Å². The Bertz CT molecular complexity index is 753. The summed E-state index contributed by atoms with van der Waals surface area (Å²) < 4.78 is 1.89. The van der Waals surface area contributed by atoms with Gasteiger partial charge in [0.15, 0.2) is 5.13 Å². The van der Waals surface area contributed by atoms with Gasteiger partial charge in [-0.05, 0) is 31.7 Å². The van der Waals surface area contributed by atoms with Crippen molar-refractivity contribution in [3.8, 4) is 0 Å². The number of piperazine rings is 1. The number of thioether (sulfide) groups is 1. The van der Waals surface area contributed by atoms with Crippen molar-refractivity contribution < 1.29 is 4.79 Å². The van der Waals surface area contributed by atoms with Crippen LogP contribution in [0.2, 0.25) is 0 Å². The average Bonchev–Trinajstić information content (AvgIpc) is 2.94. The molecule has 1 saturated heterocycles. The maximum Gasteiger partial charge on any atom is 0.236 e. The number of thiocarbonyl (C=S) groups is 1. The van der Waals surface area contributed by atoms with Gasteiger partial charge < -0.3 is 15.1 Å². The molecule has 0 unspecified atom stereocenters. The van der Waals surface area contributed by atoms with Crippen molar-refractivity contribution >= 4 is 60.9 Å². The van der Waals surface area contributed by atoms with Crippen LogP contribution in [-0.4, -0.2) is 64.0 Å². The number of thiazole rings is 1. The van der Waals surface area contributed by atoms with E-state index in [9.17, 15) is 4.79 Å². The predicted octanol–water partition coefficient (Wildman–Crippen LogP) is 2.81. The van der Waals surface area contributed by atoms with E-state index in [4.69, 9.17) is 12.2 Å². The predicted molar refractivity (Wildman–Crippen MR) is 107 cm³/mol. The number of hydrogen-bond donors (Lipinski definition) is 1. The van der Waals surface area contributed by atoms with Gasteiger partial charge in [0.05, 0.1) is 16.0 Å². The molecule has 0 bridgehead atoms. The molecule has 0 atom stereocenters. The Morgan fingerprint density at radius 1 is 1.38 bits per heavy atom. The topological polar surface area (TPSA) is 48.5 Å². The highest BCUT2D eigenvalue weighted by Crippen LogP contribution is 2.26. The van der Waals surface area contributed by atoms with Crippen molar-refractivity contribution in [3.63, 3.8) is 0 Å². The monoisotopic (exact) mass is 380 g/mol. The molecule has 3 rings (SSSR count). The Labute approximate surface area is 155 Å². The minimum absolute atomic E-state index is 0.0627. The summed E-state index contributed by atoms with van der Waals surface area (Å²) in [5.74, 6) is 0.257. The summed E-state index contributed by atoms with van der Waals surface area (Å²) >= 11 is 8.37. The number of aryl methyl sites for hydroxylation is 1. The van der Waals surface area contributed by atoms with Crippen LogP contribution < -0.4 is 5.32 Å². The Hall–Kier alpha value is -1.22. The number of nitrogens with one attached hydrogen (secondary N) is 1. The van der Waals surface area contributed by atoms with Gasteiger partial charge in [-0.3, -0.25) is 4.79 Å². The second kappa shape index (κ2) is 7.77. The van der Waals surface area contributed by atoms with E-state index >= 15 is 0 Å². The Balaban J connectivity index is 1.50. The summed E-state index contributed by atoms with van der Waals surface area (Å²) in [6.07, 6.45) is 0. The van der Waals surface area contributed by atoms with Crippen LogP contribution in [0.25, 0.3) is 10.2 Å². The SMILES string of the molecule is Cc1ccc2nc(NC(=O)CSC(=S)N3CCN(C)CC3)sc2c1. The molecule has 1 aromatic carbocycles. The van der Waals surface area contributed by atoms with Crippen molar-refractivity contribution in [3.05, 3.63) is 23.8 Å². The van der Waals surface area contributed by atoms with Crippen LogP contribution in [0.5, 0.6) is 0 Å². The lowest BCUT2D eigenvalue weighted by Gasteiger charge is -2.33. The summed E-state index contributed by atoms with van der Waals surface area (Å²) in [6.45, 7) is 5.94. The molecule has 2 heterocycles. The van der Waals surface area contributed by atoms with E-state index in [0.29, 0.717) is 10.9 Å². The number of carbonyl (C=O) groups excluding carboxylic acids is 1. The number of rotatable bonds is 3. The molecule has 1 fully saturated rings. The molecular formula is C16H20N4OS3. The number of hydrogen-bond acceptors (Lipinski definition) is 6. The van der Waals surface area contributed by atoms with Crippen LogP contribution >= 0.6 is 35.3 Å². The van der Waals surface area contributed by atoms with Crippen molar-refractivity contribution in [2.24, 2.45) is 0 Å². The second-order valence-electron chi connectivity index (χ2n) is 5.88. The number of nitrogens with zero attached hydrogens (tertiary/aromatic N) is 3. The van der Waals surface area contributed by atoms with Crippen LogP contribution in [0.15, 0.2) is 18.2 Å². The first-order valence-electron chi connectivity index (χ1n) is 7.78. The van der Waals surface area contributed by atoms with Gasteiger partial charge in [-0.15, -0.1) is 0 Å². The van der Waals surface area contributed by atoms with Crippen LogP contribution in [0, 0.1) is 6.92 Å². The first kappa shape index (κ1) is 17.6. The highest BCUT2D eigenvalue weighted by molar-refractivity contribution is 8.23. The van der Waals surface area contributed by atoms with Gasteiger partial charge in [0.1, 0.15) is 4.32 Å². The molecule has 128 valence electrons. The van der Waals surface area contributed by atoms with E-state index in [1.165, 1.54) is 28.7 Å². The molecule has 1 N–H and O–H groups in total. The van der Waals surface area contributed by atoms with Crippen molar-refractivity contribution in [1.82, 2.24) is 14.8 Å². The Kier molecular flexibility index (Phi) is 5.70. The van der Waals surface area contributed by atoms with E-state index in [2.05, 4.69) is 33.2 Å². The summed E-state index contributed by atoms with van der Waals surface area (Å²) in [4.78, 5) is 21.0. The zero-order chi connectivity index (χ0) is 17.1. The lowest BCUT2D eigenvalue weighted by Crippen LogP contribution is -2.46. The lowest BCUT2D eigenvalue weighted by molar-refractivity contribution is -0.113. The minimum Gasteiger partial charge on any atom is -0.355 e. The molecular weight excluding hydrogens is 360 g/mol. The molecule has 24 heavy (non-hydrogen) atoms. The quantitative estimate of drug-likeness (QED) is 0.827. The fourth-order valence-electron chi connectivity index (χ4n) is 2.45. The largest absolute Gasteiger partial charge is 0.355 e. The zero-order valence-corrected chi connectivity index (χ0v) is 16.2. The molecule has 0 spiro atoms. The highest BCUT2D eigenvalue weighted by atomic mass is 32.2. The number of benzene rings is 1. The van der Waals surface area contributed by atoms with Crippen LogP contribution in [0.4, 0.5) is 5.13 Å². The molecule has 8 heteroatoms. The van der Waals surface area contributed by atoms with Crippen LogP contribution in [0.3, 0.4) is 0 Å². The molecule has 1 amide bonds. The summed E-state index contributed by atoms with van der Waals surface area (Å²) in [7, 11) is 2.11. The maximum atomic E-state index is 12.1. The van der Waals surface area contributed by atoms with Gasteiger partial charge in [0, 0.05) is 26.2 Å². The zero-order valence-electron chi connectivity index (χ0n) is 13.7. The molecule has 0 saturated carbocycles. The van der Waals surface area contributed by atoms with Gasteiger partial charge in [-0.2, -0.15) is 0 Å². The average molecular weight is 381 g/mol. The number of anilines is 1. The highest BCUT2D eigenvalue weighted by Gasteiger charge is 2.17. The van der Waals surface area contributed by atoms with E-state index in [1.54, 1.807) is 0 Å². The molecule has 2 aromatic rings. The maximum absolute atomic E-state index is 12.1. The number of likely N-dealkylation sites (N-methyl/N-ethyl adjacent to an activating group) is 1. The summed E-state index contributed by atoms with van der Waals surface area (Å²) in [5.41, 5.74) is 2.11. The first-order chi connectivity index (χ1) is 11.5. The van der Waals surface area contributed by atoms with E-state index in [-0.39, 0.29) is 5.91 Å². The van der Waals surface area contributed by atoms with Gasteiger partial charge in [-0.25, -0.2) is 4.98 Å². The molecule has 0 aliphatic carbocycles. The fraction of sp³-hybridized carbons (Fsp3) is 0.438. The smallest absolute Gasteiger partial charge is 0.236 e. The number of aromatic nitrogens is 1. The Morgan fingerprint density at radius 2 is 2.12 bits per heavy atom. The van der Waals surface area contributed by atoms with Crippen LogP contribution in [-0.2, 0) is 4.79 Å². The standard InChI is InChI=1S/C16H20N4OS3/c1-11-3-4-12-13(9-11)24-15(17-12)18-14(21)10-23-16(22)20-7-5-19(2)6-8-20/h3-4,9H,5-8,10H2,1-2H3,(H,17,18,21). The Morgan fingerprint density at radius 3 is 2.88 bits per heavy atom. The number of amides is 1. The van der Waals surface area contributed by atoms with Crippen molar-refractivity contribution in [2.45, 2.75) is 6.92 Å². The molecule has 1 aliphatic rings. The molecule has 5 nitrogen and oxygen atoms in total. The number of carbonyl (C=O) groups is 1. The van der Waals surface area contributed by atoms with E-state index in [0.717, 1.165) is 40.7 Å². The molecule has 1 aliphatic heterocycles. The van der Waals surface area contributed by atoms with E-state index < -0.39 is 0 Å². The van der Waals surface area contributed by atoms with E-state index in [1.807, 2.05) is 19.1 Å². The fourth-order valence-corrected chi connectivity index (χ4v) is 4.48. The first-order valence-corrected chi connectivity index (χ1v) is 9.99. The third-order valence-corrected chi connectivity index (χ3v) is 6.34. The number of fused-ring (bicyclic) bond motifs is 1. The lowest BCUT2D eigenvalue weighted by atomic mass is 10.2. The minimum atomic E-state index is -0.0627. The summed E-state index contributed by atoms with van der Waals surface area (Å²) in [5, 5.41) is 3.52. The summed E-state index contributed by atoms with van der Waals surface area (Å²) in [6, 6.07) is 6.09. The third-order valence-electron chi connectivity index (χ3n) is 3.88.